The van der Waals surface area contributed by atoms with Crippen molar-refractivity contribution in [3.05, 3.63) is 83.7 Å². The van der Waals surface area contributed by atoms with E-state index in [1.807, 2.05) is 6.07 Å². The molecule has 1 aliphatic heterocycles. The van der Waals surface area contributed by atoms with E-state index in [4.69, 9.17) is 9.84 Å². The molecule has 4 aromatic rings. The minimum atomic E-state index is -0.382. The largest absolute Gasteiger partial charge is 0.457 e. The highest BCUT2D eigenvalue weighted by Crippen LogP contribution is 2.29. The van der Waals surface area contributed by atoms with Gasteiger partial charge in [-0.3, -0.25) is 10.1 Å². The summed E-state index contributed by atoms with van der Waals surface area (Å²) in [5.74, 6) is 1.88. The third-order valence-corrected chi connectivity index (χ3v) is 6.74. The van der Waals surface area contributed by atoms with E-state index in [1.54, 1.807) is 47.3 Å². The van der Waals surface area contributed by atoms with Crippen LogP contribution in [0.4, 0.5) is 22.1 Å². The zero-order chi connectivity index (χ0) is 29.1. The molecule has 3 heterocycles. The number of fused-ring (bicyclic) bond motifs is 1. The molecular weight excluding hydrogens is 518 g/mol. The molecule has 1 aliphatic rings. The number of hydrogen-bond donors (Lipinski definition) is 3. The van der Waals surface area contributed by atoms with Crippen molar-refractivity contribution in [2.75, 3.05) is 29.5 Å². The molecule has 0 saturated carbocycles. The van der Waals surface area contributed by atoms with Crippen LogP contribution in [0.2, 0.25) is 0 Å². The Kier molecular flexibility index (Phi) is 7.76. The molecule has 2 aromatic carbocycles. The van der Waals surface area contributed by atoms with Crippen LogP contribution in [0.1, 0.15) is 44.5 Å². The van der Waals surface area contributed by atoms with Crippen LogP contribution in [0.15, 0.2) is 66.9 Å². The van der Waals surface area contributed by atoms with Gasteiger partial charge in [0.25, 0.3) is 0 Å². The molecule has 0 bridgehead atoms. The fourth-order valence-corrected chi connectivity index (χ4v) is 4.59. The minimum Gasteiger partial charge on any atom is -0.457 e. The van der Waals surface area contributed by atoms with Gasteiger partial charge in [-0.1, -0.05) is 26.8 Å². The number of hydrogen-bond acceptors (Lipinski definition) is 6. The maximum absolute atomic E-state index is 13.1. The van der Waals surface area contributed by atoms with E-state index in [-0.39, 0.29) is 17.4 Å². The lowest BCUT2D eigenvalue weighted by Gasteiger charge is -2.25. The van der Waals surface area contributed by atoms with Crippen molar-refractivity contribution in [2.24, 2.45) is 0 Å². The third-order valence-electron chi connectivity index (χ3n) is 6.74. The summed E-state index contributed by atoms with van der Waals surface area (Å²) in [5, 5.41) is 13.4. The van der Waals surface area contributed by atoms with E-state index >= 15 is 0 Å². The van der Waals surface area contributed by atoms with Crippen LogP contribution in [0.5, 0.6) is 11.5 Å². The molecule has 3 amide bonds. The van der Waals surface area contributed by atoms with E-state index < -0.39 is 0 Å². The van der Waals surface area contributed by atoms with Crippen molar-refractivity contribution in [3.8, 4) is 17.2 Å². The number of ether oxygens (including phenoxy) is 1. The molecule has 2 aromatic heterocycles. The normalized spacial score (nSPS) is 13.3. The fraction of sp³-hybridized carbons (Fsp3) is 0.290. The molecule has 10 nitrogen and oxygen atoms in total. The van der Waals surface area contributed by atoms with Gasteiger partial charge in [0.1, 0.15) is 23.1 Å². The van der Waals surface area contributed by atoms with Crippen LogP contribution in [0.25, 0.3) is 5.69 Å². The maximum Gasteiger partial charge on any atom is 0.324 e. The number of rotatable bonds is 6. The summed E-state index contributed by atoms with van der Waals surface area (Å²) in [7, 11) is 2.13. The molecule has 0 fully saturated rings. The number of carbonyl (C=O) groups is 2. The molecular formula is C31H35N7O3. The zero-order valence-electron chi connectivity index (χ0n) is 24.0. The fourth-order valence-electron chi connectivity index (χ4n) is 4.59. The summed E-state index contributed by atoms with van der Waals surface area (Å²) in [6, 6.07) is 18.3. The number of urea groups is 1. The first-order valence-corrected chi connectivity index (χ1v) is 13.5. The van der Waals surface area contributed by atoms with Gasteiger partial charge >= 0.3 is 6.03 Å². The van der Waals surface area contributed by atoms with Gasteiger partial charge in [0.05, 0.1) is 11.4 Å². The van der Waals surface area contributed by atoms with Crippen LogP contribution < -0.4 is 20.7 Å². The van der Waals surface area contributed by atoms with Crippen molar-refractivity contribution >= 4 is 29.3 Å². The highest BCUT2D eigenvalue weighted by molar-refractivity contribution is 5.99. The Balaban J connectivity index is 1.30. The van der Waals surface area contributed by atoms with Crippen molar-refractivity contribution < 1.29 is 14.3 Å². The Morgan fingerprint density at radius 3 is 2.41 bits per heavy atom. The second-order valence-electron chi connectivity index (χ2n) is 11.3. The van der Waals surface area contributed by atoms with Crippen molar-refractivity contribution in [3.63, 3.8) is 0 Å². The van der Waals surface area contributed by atoms with Crippen molar-refractivity contribution in [1.82, 2.24) is 19.7 Å². The number of carbonyl (C=O) groups excluding carboxylic acids is 2. The monoisotopic (exact) mass is 553 g/mol. The van der Waals surface area contributed by atoms with E-state index in [0.29, 0.717) is 28.8 Å². The Morgan fingerprint density at radius 2 is 1.68 bits per heavy atom. The highest BCUT2D eigenvalue weighted by Gasteiger charge is 2.22. The molecule has 41 heavy (non-hydrogen) atoms. The van der Waals surface area contributed by atoms with Crippen LogP contribution >= 0.6 is 0 Å². The zero-order valence-corrected chi connectivity index (χ0v) is 24.0. The Morgan fingerprint density at radius 1 is 0.902 bits per heavy atom. The molecule has 0 atom stereocenters. The first kappa shape index (κ1) is 27.9. The number of aromatic nitrogens is 3. The lowest BCUT2D eigenvalue weighted by molar-refractivity contribution is -0.114. The Labute approximate surface area is 239 Å². The second-order valence-corrected chi connectivity index (χ2v) is 11.3. The number of pyridine rings is 1. The summed E-state index contributed by atoms with van der Waals surface area (Å²) in [5.41, 5.74) is 4.82. The average Bonchev–Trinajstić information content (AvgIpc) is 3.33. The van der Waals surface area contributed by atoms with Gasteiger partial charge in [0, 0.05) is 49.4 Å². The summed E-state index contributed by atoms with van der Waals surface area (Å²) in [4.78, 5) is 30.7. The number of amides is 3. The molecule has 0 radical (unpaired) electrons. The van der Waals surface area contributed by atoms with Crippen molar-refractivity contribution in [1.29, 1.82) is 0 Å². The summed E-state index contributed by atoms with van der Waals surface area (Å²) >= 11 is 0. The van der Waals surface area contributed by atoms with E-state index in [2.05, 4.69) is 71.9 Å². The molecule has 0 unspecified atom stereocenters. The first-order valence-electron chi connectivity index (χ1n) is 13.5. The highest BCUT2D eigenvalue weighted by atomic mass is 16.5. The first-order chi connectivity index (χ1) is 19.5. The van der Waals surface area contributed by atoms with Crippen LogP contribution in [0.3, 0.4) is 0 Å². The quantitative estimate of drug-likeness (QED) is 0.272. The Hall–Kier alpha value is -4.70. The predicted molar refractivity (Wildman–Crippen MR) is 160 cm³/mol. The lowest BCUT2D eigenvalue weighted by Crippen LogP contribution is -2.26. The lowest BCUT2D eigenvalue weighted by atomic mass is 9.92. The molecule has 0 aliphatic carbocycles. The summed E-state index contributed by atoms with van der Waals surface area (Å²) < 4.78 is 7.67. The van der Waals surface area contributed by atoms with E-state index in [0.717, 1.165) is 30.9 Å². The molecule has 0 spiro atoms. The molecule has 0 saturated heterocycles. The Bertz CT molecular complexity index is 1570. The number of nitrogens with one attached hydrogen (secondary N) is 3. The molecule has 212 valence electrons. The van der Waals surface area contributed by atoms with E-state index in [9.17, 15) is 9.59 Å². The number of nitrogens with zero attached hydrogens (tertiary/aromatic N) is 4. The van der Waals surface area contributed by atoms with Gasteiger partial charge in [0.2, 0.25) is 5.91 Å². The second kappa shape index (κ2) is 11.4. The standard InChI is InChI=1S/C31H35N7O3/c1-20(39)33-28-17-26(12-14-32-28)41-25-10-7-23(8-11-25)34-30(40)35-29-18-27(31(2,3)4)36-38(29)24-9-6-21-13-15-37(5)19-22(21)16-24/h6-12,14,16-18H,13,15,19H2,1-5H3,(H,32,33,39)(H2,34,35,40). The average molecular weight is 554 g/mol. The molecule has 10 heteroatoms. The van der Waals surface area contributed by atoms with Crippen LogP contribution in [0, 0.1) is 0 Å². The number of anilines is 3. The van der Waals surface area contributed by atoms with Gasteiger partial charge < -0.3 is 20.3 Å². The smallest absolute Gasteiger partial charge is 0.324 e. The topological polar surface area (TPSA) is 113 Å². The van der Waals surface area contributed by atoms with Gasteiger partial charge in [0.15, 0.2) is 0 Å². The molecule has 3 N–H and O–H groups in total. The van der Waals surface area contributed by atoms with Gasteiger partial charge in [-0.25, -0.2) is 14.5 Å². The SMILES string of the molecule is CC(=O)Nc1cc(Oc2ccc(NC(=O)Nc3cc(C(C)(C)C)nn3-c3ccc4c(c3)CN(C)CC4)cc2)ccn1. The van der Waals surface area contributed by atoms with Crippen molar-refractivity contribution in [2.45, 2.75) is 46.1 Å². The summed E-state index contributed by atoms with van der Waals surface area (Å²) in [6.07, 6.45) is 2.58. The van der Waals surface area contributed by atoms with E-state index in [1.165, 1.54) is 18.1 Å². The predicted octanol–water partition coefficient (Wildman–Crippen LogP) is 5.95. The summed E-state index contributed by atoms with van der Waals surface area (Å²) in [6.45, 7) is 9.65. The third kappa shape index (κ3) is 6.90. The van der Waals surface area contributed by atoms with Gasteiger partial charge in [-0.15, -0.1) is 0 Å². The van der Waals surface area contributed by atoms with Crippen LogP contribution in [-0.4, -0.2) is 45.2 Å². The number of benzene rings is 2. The molecule has 5 rings (SSSR count). The van der Waals surface area contributed by atoms with Gasteiger partial charge in [-0.2, -0.15) is 5.10 Å². The minimum absolute atomic E-state index is 0.194. The number of likely N-dealkylation sites (N-methyl/N-ethyl adjacent to an activating group) is 1. The maximum atomic E-state index is 13.1. The van der Waals surface area contributed by atoms with Gasteiger partial charge in [-0.05, 0) is 67.1 Å². The van der Waals surface area contributed by atoms with Crippen LogP contribution in [-0.2, 0) is 23.2 Å².